The highest BCUT2D eigenvalue weighted by Crippen LogP contribution is 2.19. The van der Waals surface area contributed by atoms with Gasteiger partial charge in [-0.3, -0.25) is 9.59 Å². The number of carbonyl (C=O) groups excluding carboxylic acids is 1. The molecule has 1 amide bonds. The lowest BCUT2D eigenvalue weighted by atomic mass is 10.0. The number of hydrogen-bond donors (Lipinski definition) is 1. The van der Waals surface area contributed by atoms with E-state index < -0.39 is 0 Å². The zero-order valence-corrected chi connectivity index (χ0v) is 17.1. The van der Waals surface area contributed by atoms with E-state index in [-0.39, 0.29) is 11.5 Å². The maximum atomic E-state index is 12.7. The van der Waals surface area contributed by atoms with Crippen LogP contribution in [0.5, 0.6) is 0 Å². The number of hydrogen-bond acceptors (Lipinski definition) is 3. The lowest BCUT2D eigenvalue weighted by Gasteiger charge is -2.36. The molecule has 4 rings (SSSR count). The maximum Gasteiger partial charge on any atom is 0.251 e. The molecule has 0 radical (unpaired) electrons. The molecule has 0 saturated carbocycles. The molecule has 29 heavy (non-hydrogen) atoms. The summed E-state index contributed by atoms with van der Waals surface area (Å²) in [5.74, 6) is 0.122. The van der Waals surface area contributed by atoms with E-state index in [0.29, 0.717) is 18.4 Å². The van der Waals surface area contributed by atoms with Crippen molar-refractivity contribution < 1.29 is 4.79 Å². The summed E-state index contributed by atoms with van der Waals surface area (Å²) in [6.07, 6.45) is 0.834. The Morgan fingerprint density at radius 1 is 0.966 bits per heavy atom. The highest BCUT2D eigenvalue weighted by atomic mass is 16.2. The minimum Gasteiger partial charge on any atom is -0.368 e. The van der Waals surface area contributed by atoms with Crippen molar-refractivity contribution in [2.45, 2.75) is 26.7 Å². The molecule has 1 fully saturated rings. The van der Waals surface area contributed by atoms with Crippen LogP contribution in [0.3, 0.4) is 0 Å². The Morgan fingerprint density at radius 3 is 2.38 bits per heavy atom. The second-order valence-corrected chi connectivity index (χ2v) is 7.85. The molecular formula is C24H27N3O2. The molecule has 1 N–H and O–H groups in total. The van der Waals surface area contributed by atoms with Gasteiger partial charge in [-0.25, -0.2) is 0 Å². The van der Waals surface area contributed by atoms with Gasteiger partial charge in [0.1, 0.15) is 0 Å². The van der Waals surface area contributed by atoms with Gasteiger partial charge in [-0.1, -0.05) is 18.2 Å². The van der Waals surface area contributed by atoms with Crippen molar-refractivity contribution in [3.63, 3.8) is 0 Å². The maximum absolute atomic E-state index is 12.7. The average Bonchev–Trinajstić information content (AvgIpc) is 2.74. The molecule has 150 valence electrons. The molecule has 0 bridgehead atoms. The molecule has 2 aromatic carbocycles. The van der Waals surface area contributed by atoms with Crippen LogP contribution in [0.25, 0.3) is 10.9 Å². The van der Waals surface area contributed by atoms with Crippen LogP contribution in [0.15, 0.2) is 53.3 Å². The largest absolute Gasteiger partial charge is 0.368 e. The fourth-order valence-corrected chi connectivity index (χ4v) is 3.96. The average molecular weight is 389 g/mol. The first-order valence-electron chi connectivity index (χ1n) is 10.2. The molecule has 1 aliphatic rings. The minimum absolute atomic E-state index is 0.0950. The summed E-state index contributed by atoms with van der Waals surface area (Å²) in [4.78, 5) is 32.3. The van der Waals surface area contributed by atoms with E-state index in [1.54, 1.807) is 0 Å². The van der Waals surface area contributed by atoms with Gasteiger partial charge in [0, 0.05) is 49.4 Å². The normalized spacial score (nSPS) is 14.4. The summed E-state index contributed by atoms with van der Waals surface area (Å²) in [6, 6.07) is 16.3. The Kier molecular flexibility index (Phi) is 5.38. The third-order valence-electron chi connectivity index (χ3n) is 5.90. The number of aromatic amines is 1. The highest BCUT2D eigenvalue weighted by molar-refractivity contribution is 5.81. The number of H-pyrrole nitrogens is 1. The topological polar surface area (TPSA) is 56.4 Å². The van der Waals surface area contributed by atoms with Crippen molar-refractivity contribution in [2.24, 2.45) is 0 Å². The zero-order valence-electron chi connectivity index (χ0n) is 17.1. The molecule has 0 spiro atoms. The Bertz CT molecular complexity index is 1080. The van der Waals surface area contributed by atoms with Crippen molar-refractivity contribution in [1.82, 2.24) is 9.88 Å². The third-order valence-corrected chi connectivity index (χ3v) is 5.90. The SMILES string of the molecule is Cc1cc2cc(CCC(=O)N3CCN(c4ccccc4)CC3)c(=O)[nH]c2cc1C. The van der Waals surface area contributed by atoms with Gasteiger partial charge in [0.05, 0.1) is 0 Å². The number of aryl methyl sites for hydroxylation is 3. The van der Waals surface area contributed by atoms with E-state index >= 15 is 0 Å². The van der Waals surface area contributed by atoms with Crippen LogP contribution in [0, 0.1) is 13.8 Å². The summed E-state index contributed by atoms with van der Waals surface area (Å²) >= 11 is 0. The number of carbonyl (C=O) groups is 1. The second-order valence-electron chi connectivity index (χ2n) is 7.85. The van der Waals surface area contributed by atoms with Crippen LogP contribution in [0.2, 0.25) is 0 Å². The van der Waals surface area contributed by atoms with Crippen LogP contribution in [0.4, 0.5) is 5.69 Å². The first kappa shape index (κ1) is 19.2. The Hall–Kier alpha value is -3.08. The number of pyridine rings is 1. The summed E-state index contributed by atoms with van der Waals surface area (Å²) < 4.78 is 0. The molecule has 0 aliphatic carbocycles. The molecule has 0 atom stereocenters. The monoisotopic (exact) mass is 389 g/mol. The first-order chi connectivity index (χ1) is 14.0. The van der Waals surface area contributed by atoms with Gasteiger partial charge < -0.3 is 14.8 Å². The van der Waals surface area contributed by atoms with Crippen molar-refractivity contribution in [2.75, 3.05) is 31.1 Å². The number of benzene rings is 2. The summed E-state index contributed by atoms with van der Waals surface area (Å²) in [5, 5.41) is 1.02. The van der Waals surface area contributed by atoms with Crippen LogP contribution in [-0.2, 0) is 11.2 Å². The molecule has 1 saturated heterocycles. The fourth-order valence-electron chi connectivity index (χ4n) is 3.96. The predicted octanol–water partition coefficient (Wildman–Crippen LogP) is 3.43. The Balaban J connectivity index is 1.38. The molecule has 3 aromatic rings. The molecule has 2 heterocycles. The number of amides is 1. The van der Waals surface area contributed by atoms with Crippen molar-refractivity contribution >= 4 is 22.5 Å². The third kappa shape index (κ3) is 4.19. The number of fused-ring (bicyclic) bond motifs is 1. The first-order valence-corrected chi connectivity index (χ1v) is 10.2. The number of nitrogens with one attached hydrogen (secondary N) is 1. The van der Waals surface area contributed by atoms with E-state index in [9.17, 15) is 9.59 Å². The number of nitrogens with zero attached hydrogens (tertiary/aromatic N) is 2. The van der Waals surface area contributed by atoms with Gasteiger partial charge in [0.15, 0.2) is 0 Å². The molecule has 1 aliphatic heterocycles. The number of aromatic nitrogens is 1. The number of para-hydroxylation sites is 1. The van der Waals surface area contributed by atoms with Gasteiger partial charge in [-0.2, -0.15) is 0 Å². The molecule has 5 heteroatoms. The lowest BCUT2D eigenvalue weighted by molar-refractivity contribution is -0.131. The minimum atomic E-state index is -0.0950. The lowest BCUT2D eigenvalue weighted by Crippen LogP contribution is -2.48. The van der Waals surface area contributed by atoms with Crippen LogP contribution in [-0.4, -0.2) is 42.0 Å². The number of anilines is 1. The smallest absolute Gasteiger partial charge is 0.251 e. The van der Waals surface area contributed by atoms with Crippen LogP contribution in [0.1, 0.15) is 23.1 Å². The van der Waals surface area contributed by atoms with E-state index in [1.165, 1.54) is 11.3 Å². The highest BCUT2D eigenvalue weighted by Gasteiger charge is 2.21. The van der Waals surface area contributed by atoms with Crippen molar-refractivity contribution in [3.05, 3.63) is 75.6 Å². The van der Waals surface area contributed by atoms with Gasteiger partial charge in [-0.05, 0) is 67.1 Å². The van der Waals surface area contributed by atoms with Gasteiger partial charge >= 0.3 is 0 Å². The second kappa shape index (κ2) is 8.11. The van der Waals surface area contributed by atoms with Crippen molar-refractivity contribution in [1.29, 1.82) is 0 Å². The van der Waals surface area contributed by atoms with E-state index in [0.717, 1.165) is 42.6 Å². The molecule has 5 nitrogen and oxygen atoms in total. The van der Waals surface area contributed by atoms with E-state index in [1.807, 2.05) is 42.2 Å². The number of rotatable bonds is 4. The fraction of sp³-hybridized carbons (Fsp3) is 0.333. The summed E-state index contributed by atoms with van der Waals surface area (Å²) in [7, 11) is 0. The van der Waals surface area contributed by atoms with Gasteiger partial charge in [-0.15, -0.1) is 0 Å². The number of piperazine rings is 1. The molecule has 0 unspecified atom stereocenters. The summed E-state index contributed by atoms with van der Waals surface area (Å²) in [6.45, 7) is 7.23. The molecule has 1 aromatic heterocycles. The standard InChI is InChI=1S/C24H27N3O2/c1-17-14-20-16-19(24(29)25-22(20)15-18(17)2)8-9-23(28)27-12-10-26(11-13-27)21-6-4-3-5-7-21/h3-7,14-16H,8-13H2,1-2H3,(H,25,29). The summed E-state index contributed by atoms with van der Waals surface area (Å²) in [5.41, 5.74) is 4.99. The van der Waals surface area contributed by atoms with Gasteiger partial charge in [0.2, 0.25) is 5.91 Å². The van der Waals surface area contributed by atoms with Crippen LogP contribution >= 0.6 is 0 Å². The van der Waals surface area contributed by atoms with E-state index in [4.69, 9.17) is 0 Å². The van der Waals surface area contributed by atoms with Gasteiger partial charge in [0.25, 0.3) is 5.56 Å². The molecular weight excluding hydrogens is 362 g/mol. The Morgan fingerprint density at radius 2 is 1.66 bits per heavy atom. The van der Waals surface area contributed by atoms with E-state index in [2.05, 4.69) is 35.0 Å². The van der Waals surface area contributed by atoms with Crippen LogP contribution < -0.4 is 10.5 Å². The van der Waals surface area contributed by atoms with Crippen molar-refractivity contribution in [3.8, 4) is 0 Å². The predicted molar refractivity (Wildman–Crippen MR) is 118 cm³/mol. The zero-order chi connectivity index (χ0) is 20.4. The Labute approximate surface area is 171 Å². The quantitative estimate of drug-likeness (QED) is 0.744.